The zero-order chi connectivity index (χ0) is 15.1. The predicted octanol–water partition coefficient (Wildman–Crippen LogP) is 5.57. The number of rotatable bonds is 8. The SMILES string of the molecule is CCCCCCCCc1ccc([C@@H]2CC[C@@](C)(N)C2)cc1. The van der Waals surface area contributed by atoms with Crippen LogP contribution in [0.25, 0.3) is 0 Å². The topological polar surface area (TPSA) is 26.0 Å². The Morgan fingerprint density at radius 2 is 1.71 bits per heavy atom. The van der Waals surface area contributed by atoms with Crippen molar-refractivity contribution in [1.82, 2.24) is 0 Å². The van der Waals surface area contributed by atoms with Gasteiger partial charge in [0.1, 0.15) is 0 Å². The lowest BCUT2D eigenvalue weighted by molar-refractivity contribution is 0.479. The Morgan fingerprint density at radius 1 is 1.05 bits per heavy atom. The van der Waals surface area contributed by atoms with Crippen molar-refractivity contribution >= 4 is 0 Å². The third kappa shape index (κ3) is 5.47. The van der Waals surface area contributed by atoms with Gasteiger partial charge in [0.05, 0.1) is 0 Å². The van der Waals surface area contributed by atoms with Crippen LogP contribution in [-0.4, -0.2) is 5.54 Å². The van der Waals surface area contributed by atoms with Gasteiger partial charge in [-0.1, -0.05) is 63.3 Å². The fraction of sp³-hybridized carbons (Fsp3) is 0.700. The number of hydrogen-bond acceptors (Lipinski definition) is 1. The first-order chi connectivity index (χ1) is 10.1. The first-order valence-electron chi connectivity index (χ1n) is 8.98. The van der Waals surface area contributed by atoms with Crippen molar-refractivity contribution < 1.29 is 0 Å². The molecule has 1 nitrogen and oxygen atoms in total. The summed E-state index contributed by atoms with van der Waals surface area (Å²) in [5.41, 5.74) is 9.31. The molecule has 118 valence electrons. The van der Waals surface area contributed by atoms with Crippen LogP contribution in [-0.2, 0) is 6.42 Å². The maximum Gasteiger partial charge on any atom is 0.0131 e. The monoisotopic (exact) mass is 287 g/mol. The first-order valence-corrected chi connectivity index (χ1v) is 8.98. The van der Waals surface area contributed by atoms with Crippen LogP contribution in [0.15, 0.2) is 24.3 Å². The first kappa shape index (κ1) is 16.5. The van der Waals surface area contributed by atoms with Crippen LogP contribution in [0.4, 0.5) is 0 Å². The normalized spacial score (nSPS) is 25.4. The van der Waals surface area contributed by atoms with Crippen molar-refractivity contribution in [3.05, 3.63) is 35.4 Å². The van der Waals surface area contributed by atoms with Gasteiger partial charge in [-0.2, -0.15) is 0 Å². The standard InChI is InChI=1S/C20H33N/c1-3-4-5-6-7-8-9-17-10-12-18(13-11-17)19-14-15-20(2,21)16-19/h10-13,19H,3-9,14-16,21H2,1-2H3/t19-,20-/m1/s1. The van der Waals surface area contributed by atoms with Crippen molar-refractivity contribution in [3.8, 4) is 0 Å². The fourth-order valence-electron chi connectivity index (χ4n) is 3.62. The molecule has 0 spiro atoms. The van der Waals surface area contributed by atoms with Gasteiger partial charge in [-0.3, -0.25) is 0 Å². The molecule has 0 bridgehead atoms. The maximum atomic E-state index is 6.25. The Kier molecular flexibility index (Phi) is 6.29. The molecule has 1 aliphatic rings. The number of aryl methyl sites for hydroxylation is 1. The molecule has 21 heavy (non-hydrogen) atoms. The largest absolute Gasteiger partial charge is 0.325 e. The summed E-state index contributed by atoms with van der Waals surface area (Å²) in [6.07, 6.45) is 13.1. The van der Waals surface area contributed by atoms with E-state index in [0.29, 0.717) is 5.92 Å². The minimum absolute atomic E-state index is 0.0574. The van der Waals surface area contributed by atoms with Gasteiger partial charge in [-0.25, -0.2) is 0 Å². The summed E-state index contributed by atoms with van der Waals surface area (Å²) in [5.74, 6) is 0.683. The predicted molar refractivity (Wildman–Crippen MR) is 92.7 cm³/mol. The summed E-state index contributed by atoms with van der Waals surface area (Å²) < 4.78 is 0. The Hall–Kier alpha value is -0.820. The minimum atomic E-state index is 0.0574. The van der Waals surface area contributed by atoms with Crippen LogP contribution in [0.3, 0.4) is 0 Å². The molecular weight excluding hydrogens is 254 g/mol. The van der Waals surface area contributed by atoms with Gasteiger partial charge in [-0.15, -0.1) is 0 Å². The van der Waals surface area contributed by atoms with Crippen LogP contribution in [0, 0.1) is 0 Å². The molecule has 0 unspecified atom stereocenters. The average molecular weight is 287 g/mol. The molecule has 1 aromatic carbocycles. The highest BCUT2D eigenvalue weighted by atomic mass is 14.7. The zero-order valence-corrected chi connectivity index (χ0v) is 14.0. The molecule has 0 aromatic heterocycles. The lowest BCUT2D eigenvalue weighted by Crippen LogP contribution is -2.32. The summed E-state index contributed by atoms with van der Waals surface area (Å²) in [6, 6.07) is 9.37. The summed E-state index contributed by atoms with van der Waals surface area (Å²) in [7, 11) is 0. The third-order valence-electron chi connectivity index (χ3n) is 5.05. The molecule has 1 aromatic rings. The molecular formula is C20H33N. The molecule has 0 saturated heterocycles. The van der Waals surface area contributed by atoms with Crippen LogP contribution < -0.4 is 5.73 Å². The van der Waals surface area contributed by atoms with Crippen LogP contribution in [0.1, 0.15) is 88.7 Å². The molecule has 0 amide bonds. The van der Waals surface area contributed by atoms with E-state index in [4.69, 9.17) is 5.73 Å². The second kappa shape index (κ2) is 7.98. The molecule has 0 heterocycles. The Bertz CT molecular complexity index is 404. The molecule has 2 atom stereocenters. The van der Waals surface area contributed by atoms with Gasteiger partial charge in [0.25, 0.3) is 0 Å². The third-order valence-corrected chi connectivity index (χ3v) is 5.05. The van der Waals surface area contributed by atoms with Crippen molar-refractivity contribution in [2.24, 2.45) is 5.73 Å². The number of nitrogens with two attached hydrogens (primary N) is 1. The van der Waals surface area contributed by atoms with E-state index >= 15 is 0 Å². The number of benzene rings is 1. The Morgan fingerprint density at radius 3 is 2.33 bits per heavy atom. The van der Waals surface area contributed by atoms with E-state index in [1.807, 2.05) is 0 Å². The van der Waals surface area contributed by atoms with E-state index in [0.717, 1.165) is 12.8 Å². The Labute approximate surface area is 131 Å². The zero-order valence-electron chi connectivity index (χ0n) is 14.0. The van der Waals surface area contributed by atoms with E-state index in [1.54, 1.807) is 0 Å². The molecule has 2 N–H and O–H groups in total. The molecule has 1 heteroatoms. The van der Waals surface area contributed by atoms with Crippen molar-refractivity contribution in [1.29, 1.82) is 0 Å². The smallest absolute Gasteiger partial charge is 0.0131 e. The lowest BCUT2D eigenvalue weighted by atomic mass is 9.93. The van der Waals surface area contributed by atoms with Gasteiger partial charge in [-0.05, 0) is 56.1 Å². The van der Waals surface area contributed by atoms with Gasteiger partial charge in [0.15, 0.2) is 0 Å². The highest BCUT2D eigenvalue weighted by Gasteiger charge is 2.32. The average Bonchev–Trinajstić information content (AvgIpc) is 2.84. The van der Waals surface area contributed by atoms with Crippen molar-refractivity contribution in [2.75, 3.05) is 0 Å². The number of hydrogen-bond donors (Lipinski definition) is 1. The van der Waals surface area contributed by atoms with Crippen molar-refractivity contribution in [2.45, 2.75) is 89.5 Å². The molecule has 0 aliphatic heterocycles. The summed E-state index contributed by atoms with van der Waals surface area (Å²) in [5, 5.41) is 0. The second-order valence-corrected chi connectivity index (χ2v) is 7.35. The van der Waals surface area contributed by atoms with Gasteiger partial charge < -0.3 is 5.73 Å². The van der Waals surface area contributed by atoms with E-state index in [1.165, 1.54) is 62.5 Å². The quantitative estimate of drug-likeness (QED) is 0.621. The van der Waals surface area contributed by atoms with Gasteiger partial charge >= 0.3 is 0 Å². The number of unbranched alkanes of at least 4 members (excludes halogenated alkanes) is 5. The maximum absolute atomic E-state index is 6.25. The molecule has 1 aliphatic carbocycles. The highest BCUT2D eigenvalue weighted by molar-refractivity contribution is 5.27. The van der Waals surface area contributed by atoms with E-state index in [2.05, 4.69) is 38.1 Å². The second-order valence-electron chi connectivity index (χ2n) is 7.35. The molecule has 1 saturated carbocycles. The van der Waals surface area contributed by atoms with Crippen molar-refractivity contribution in [3.63, 3.8) is 0 Å². The van der Waals surface area contributed by atoms with E-state index < -0.39 is 0 Å². The lowest BCUT2D eigenvalue weighted by Gasteiger charge is -2.17. The highest BCUT2D eigenvalue weighted by Crippen LogP contribution is 2.39. The summed E-state index contributed by atoms with van der Waals surface area (Å²) in [6.45, 7) is 4.47. The van der Waals surface area contributed by atoms with Gasteiger partial charge in [0, 0.05) is 5.54 Å². The molecule has 0 radical (unpaired) electrons. The van der Waals surface area contributed by atoms with E-state index in [-0.39, 0.29) is 5.54 Å². The molecule has 1 fully saturated rings. The molecule has 2 rings (SSSR count). The van der Waals surface area contributed by atoms with Crippen LogP contribution in [0.2, 0.25) is 0 Å². The van der Waals surface area contributed by atoms with Gasteiger partial charge in [0.2, 0.25) is 0 Å². The fourth-order valence-corrected chi connectivity index (χ4v) is 3.62. The van der Waals surface area contributed by atoms with E-state index in [9.17, 15) is 0 Å². The van der Waals surface area contributed by atoms with Crippen LogP contribution in [0.5, 0.6) is 0 Å². The minimum Gasteiger partial charge on any atom is -0.325 e. The summed E-state index contributed by atoms with van der Waals surface area (Å²) in [4.78, 5) is 0. The van der Waals surface area contributed by atoms with Crippen LogP contribution >= 0.6 is 0 Å². The summed E-state index contributed by atoms with van der Waals surface area (Å²) >= 11 is 0. The Balaban J connectivity index is 1.72.